The Balaban J connectivity index is 0.000000269. The van der Waals surface area contributed by atoms with Gasteiger partial charge in [-0.3, -0.25) is 0 Å². The Kier molecular flexibility index (Phi) is 7.69. The van der Waals surface area contributed by atoms with E-state index in [1.807, 2.05) is 73.7 Å². The van der Waals surface area contributed by atoms with Gasteiger partial charge in [0.15, 0.2) is 0 Å². The average molecular weight is 429 g/mol. The number of aryl methyl sites for hydroxylation is 1. The predicted octanol–water partition coefficient (Wildman–Crippen LogP) is 5.81. The monoisotopic (exact) mass is 428 g/mol. The van der Waals surface area contributed by atoms with Gasteiger partial charge in [0.2, 0.25) is 0 Å². The third kappa shape index (κ3) is 5.10. The van der Waals surface area contributed by atoms with Crippen LogP contribution in [-0.4, -0.2) is 5.11 Å². The first-order chi connectivity index (χ1) is 14.7. The lowest BCUT2D eigenvalue weighted by Crippen LogP contribution is -2.28. The van der Waals surface area contributed by atoms with Crippen molar-refractivity contribution in [3.05, 3.63) is 121 Å². The zero-order valence-electron chi connectivity index (χ0n) is 16.7. The molecule has 0 unspecified atom stereocenters. The molecule has 2 nitrogen and oxygen atoms in total. The van der Waals surface area contributed by atoms with Gasteiger partial charge in [-0.1, -0.05) is 109 Å². The molecule has 0 heterocycles. The van der Waals surface area contributed by atoms with Crippen LogP contribution in [0.4, 0.5) is 0 Å². The minimum Gasteiger partial charge on any atom is -0.508 e. The summed E-state index contributed by atoms with van der Waals surface area (Å²) in [5.41, 5.74) is 1.17. The lowest BCUT2D eigenvalue weighted by molar-refractivity contribution is 0.475. The van der Waals surface area contributed by atoms with Gasteiger partial charge in [0.25, 0.3) is 0 Å². The van der Waals surface area contributed by atoms with E-state index in [0.717, 1.165) is 0 Å². The van der Waals surface area contributed by atoms with Gasteiger partial charge in [-0.05, 0) is 46.4 Å². The number of phenolic OH excluding ortho intramolecular Hbond substituents is 1. The first kappa shape index (κ1) is 21.7. The molecule has 4 rings (SSSR count). The Morgan fingerprint density at radius 1 is 0.633 bits per heavy atom. The van der Waals surface area contributed by atoms with Crippen LogP contribution < -0.4 is 15.9 Å². The summed E-state index contributed by atoms with van der Waals surface area (Å²) in [5, 5.41) is 24.3. The highest BCUT2D eigenvalue weighted by molar-refractivity contribution is 8.71. The van der Waals surface area contributed by atoms with Crippen LogP contribution >= 0.6 is 17.8 Å². The summed E-state index contributed by atoms with van der Waals surface area (Å²) < 4.78 is 0. The molecule has 0 aliphatic carbocycles. The third-order valence-corrected chi connectivity index (χ3v) is 11.0. The van der Waals surface area contributed by atoms with Gasteiger partial charge in [-0.15, -0.1) is 0 Å². The number of aromatic hydroxyl groups is 1. The smallest absolute Gasteiger partial charge is 0.138 e. The summed E-state index contributed by atoms with van der Waals surface area (Å²) in [4.78, 5) is 0. The minimum atomic E-state index is -2.00. The molecule has 0 bridgehead atoms. The van der Waals surface area contributed by atoms with Crippen molar-refractivity contribution >= 4 is 33.8 Å². The number of hydrogen-bond acceptors (Lipinski definition) is 3. The Hall–Kier alpha value is -3.05. The summed E-state index contributed by atoms with van der Waals surface area (Å²) in [6.07, 6.45) is 0. The summed E-state index contributed by atoms with van der Waals surface area (Å²) in [7, 11) is 0. The van der Waals surface area contributed by atoms with E-state index < -0.39 is 6.46 Å². The second kappa shape index (κ2) is 10.6. The van der Waals surface area contributed by atoms with E-state index in [-0.39, 0.29) is 0 Å². The van der Waals surface area contributed by atoms with Crippen LogP contribution in [0.2, 0.25) is 0 Å². The molecule has 149 valence electrons. The fraction of sp³-hybridized carbons (Fsp3) is 0.0385. The summed E-state index contributed by atoms with van der Waals surface area (Å²) in [6, 6.07) is 38.3. The second-order valence-electron chi connectivity index (χ2n) is 6.63. The first-order valence-corrected chi connectivity index (χ1v) is 12.8. The Bertz CT molecular complexity index is 961. The molecule has 0 saturated heterocycles. The topological polar surface area (TPSA) is 44.0 Å². The molecule has 4 aromatic carbocycles. The lowest BCUT2D eigenvalue weighted by atomic mass is 10.2. The number of hydrogen-bond donors (Lipinski definition) is 1. The van der Waals surface area contributed by atoms with E-state index in [1.54, 1.807) is 12.1 Å². The van der Waals surface area contributed by atoms with Crippen molar-refractivity contribution < 1.29 is 5.11 Å². The highest BCUT2D eigenvalue weighted by atomic mass is 32.7. The number of thiocyanates is 1. The van der Waals surface area contributed by atoms with Crippen molar-refractivity contribution in [2.75, 3.05) is 0 Å². The number of benzene rings is 4. The van der Waals surface area contributed by atoms with Crippen LogP contribution in [-0.2, 0) is 0 Å². The molecule has 0 aromatic heterocycles. The SMILES string of the molecule is Cc1ccc(O)cc1.N#CS[P](c1ccccc1)(c1ccccc1)c1ccccc1. The van der Waals surface area contributed by atoms with E-state index >= 15 is 0 Å². The normalized spacial score (nSPS) is 10.4. The first-order valence-electron chi connectivity index (χ1n) is 9.56. The molecule has 0 fully saturated rings. The maximum absolute atomic E-state index is 9.53. The molecule has 0 aliphatic heterocycles. The Morgan fingerprint density at radius 3 is 1.30 bits per heavy atom. The molecular formula is C26H23NOPS. The van der Waals surface area contributed by atoms with Crippen LogP contribution in [0.25, 0.3) is 0 Å². The van der Waals surface area contributed by atoms with E-state index in [1.165, 1.54) is 32.9 Å². The highest BCUT2D eigenvalue weighted by Gasteiger charge is 2.35. The number of rotatable bonds is 4. The number of nitriles is 1. The van der Waals surface area contributed by atoms with Crippen molar-refractivity contribution in [2.45, 2.75) is 6.92 Å². The maximum atomic E-state index is 9.53. The molecule has 0 saturated carbocycles. The van der Waals surface area contributed by atoms with Crippen molar-refractivity contribution in [1.82, 2.24) is 0 Å². The Labute approximate surface area is 182 Å². The van der Waals surface area contributed by atoms with Crippen LogP contribution in [0.1, 0.15) is 5.56 Å². The third-order valence-electron chi connectivity index (χ3n) is 4.57. The maximum Gasteiger partial charge on any atom is 0.138 e. The lowest BCUT2D eigenvalue weighted by Gasteiger charge is -2.34. The molecule has 4 heteroatoms. The van der Waals surface area contributed by atoms with E-state index in [4.69, 9.17) is 5.11 Å². The van der Waals surface area contributed by atoms with Gasteiger partial charge >= 0.3 is 0 Å². The number of nitrogens with zero attached hydrogens (tertiary/aromatic N) is 1. The molecule has 0 atom stereocenters. The van der Waals surface area contributed by atoms with Crippen LogP contribution in [0.3, 0.4) is 0 Å². The zero-order valence-corrected chi connectivity index (χ0v) is 18.4. The van der Waals surface area contributed by atoms with Crippen LogP contribution in [0.5, 0.6) is 5.75 Å². The summed E-state index contributed by atoms with van der Waals surface area (Å²) >= 11 is 1.40. The van der Waals surface area contributed by atoms with Crippen molar-refractivity contribution in [1.29, 1.82) is 5.26 Å². The second-order valence-corrected chi connectivity index (χ2v) is 12.0. The summed E-state index contributed by atoms with van der Waals surface area (Å²) in [6.45, 7) is -0.0121. The summed E-state index contributed by atoms with van der Waals surface area (Å²) in [5.74, 6) is 0.329. The van der Waals surface area contributed by atoms with E-state index in [2.05, 4.69) is 41.8 Å². The molecule has 30 heavy (non-hydrogen) atoms. The van der Waals surface area contributed by atoms with Crippen molar-refractivity contribution in [3.63, 3.8) is 0 Å². The Morgan fingerprint density at radius 2 is 1.00 bits per heavy atom. The average Bonchev–Trinajstić information content (AvgIpc) is 2.82. The molecule has 1 radical (unpaired) electrons. The fourth-order valence-corrected chi connectivity index (χ4v) is 8.65. The predicted molar refractivity (Wildman–Crippen MR) is 131 cm³/mol. The van der Waals surface area contributed by atoms with Gasteiger partial charge in [0.1, 0.15) is 11.2 Å². The van der Waals surface area contributed by atoms with Crippen LogP contribution in [0, 0.1) is 17.6 Å². The quantitative estimate of drug-likeness (QED) is 0.329. The molecule has 0 amide bonds. The van der Waals surface area contributed by atoms with Gasteiger partial charge in [0, 0.05) is 6.46 Å². The standard InChI is InChI=1S/C19H15NPS.C7H8O/c20-16-22-21(17-10-4-1-5-11-17,18-12-6-2-7-13-18)19-14-8-3-9-15-19;1-6-2-4-7(8)5-3-6/h1-15H;2-5,8H,1H3. The van der Waals surface area contributed by atoms with E-state index in [0.29, 0.717) is 5.75 Å². The molecule has 0 spiro atoms. The molecule has 4 aromatic rings. The van der Waals surface area contributed by atoms with Crippen LogP contribution in [0.15, 0.2) is 115 Å². The molecule has 1 N–H and O–H groups in total. The van der Waals surface area contributed by atoms with Crippen molar-refractivity contribution in [2.24, 2.45) is 0 Å². The number of phenols is 1. The van der Waals surface area contributed by atoms with Gasteiger partial charge < -0.3 is 5.11 Å². The van der Waals surface area contributed by atoms with Gasteiger partial charge in [-0.25, -0.2) is 0 Å². The van der Waals surface area contributed by atoms with Gasteiger partial charge in [-0.2, -0.15) is 5.26 Å². The minimum absolute atomic E-state index is 0.329. The van der Waals surface area contributed by atoms with Gasteiger partial charge in [0.05, 0.1) is 0 Å². The van der Waals surface area contributed by atoms with Crippen molar-refractivity contribution in [3.8, 4) is 11.2 Å². The zero-order chi connectivity index (χ0) is 21.2. The molecule has 0 aliphatic rings. The fourth-order valence-electron chi connectivity index (χ4n) is 3.13. The highest BCUT2D eigenvalue weighted by Crippen LogP contribution is 2.66. The molecular weight excluding hydrogens is 405 g/mol. The largest absolute Gasteiger partial charge is 0.508 e. The van der Waals surface area contributed by atoms with E-state index in [9.17, 15) is 5.26 Å².